The van der Waals surface area contributed by atoms with Gasteiger partial charge in [0.2, 0.25) is 0 Å². The zero-order valence-electron chi connectivity index (χ0n) is 10.5. The van der Waals surface area contributed by atoms with Gasteiger partial charge in [-0.15, -0.1) is 11.8 Å². The Bertz CT molecular complexity index is 293. The largest absolute Gasteiger partial charge is 0.316 e. The Labute approximate surface area is 103 Å². The summed E-state index contributed by atoms with van der Waals surface area (Å²) in [5, 5.41) is 4.59. The predicted molar refractivity (Wildman–Crippen MR) is 72.2 cm³/mol. The molecule has 3 heteroatoms. The van der Waals surface area contributed by atoms with Crippen LogP contribution in [0.1, 0.15) is 31.0 Å². The fourth-order valence-corrected chi connectivity index (χ4v) is 2.47. The first-order valence-electron chi connectivity index (χ1n) is 6.01. The SMILES string of the molecule is CCCCNCCSc1cc(C)cc(C)n1. The quantitative estimate of drug-likeness (QED) is 0.583. The molecule has 1 N–H and O–H groups in total. The molecule has 16 heavy (non-hydrogen) atoms. The summed E-state index contributed by atoms with van der Waals surface area (Å²) in [4.78, 5) is 4.50. The van der Waals surface area contributed by atoms with Crippen molar-refractivity contribution < 1.29 is 0 Å². The minimum absolute atomic E-state index is 1.07. The van der Waals surface area contributed by atoms with Crippen LogP contribution < -0.4 is 5.32 Å². The molecule has 0 unspecified atom stereocenters. The number of nitrogens with zero attached hydrogens (tertiary/aromatic N) is 1. The molecule has 0 bridgehead atoms. The second-order valence-corrected chi connectivity index (χ2v) is 5.19. The molecular weight excluding hydrogens is 216 g/mol. The minimum atomic E-state index is 1.07. The minimum Gasteiger partial charge on any atom is -0.316 e. The van der Waals surface area contributed by atoms with E-state index in [0.29, 0.717) is 0 Å². The summed E-state index contributed by atoms with van der Waals surface area (Å²) >= 11 is 1.83. The summed E-state index contributed by atoms with van der Waals surface area (Å²) in [5.41, 5.74) is 2.41. The van der Waals surface area contributed by atoms with Crippen molar-refractivity contribution in [2.24, 2.45) is 0 Å². The van der Waals surface area contributed by atoms with Crippen LogP contribution in [0.3, 0.4) is 0 Å². The van der Waals surface area contributed by atoms with Crippen molar-refractivity contribution >= 4 is 11.8 Å². The average molecular weight is 238 g/mol. The summed E-state index contributed by atoms with van der Waals surface area (Å²) in [6.07, 6.45) is 2.53. The van der Waals surface area contributed by atoms with Gasteiger partial charge in [0.05, 0.1) is 5.03 Å². The second kappa shape index (κ2) is 7.69. The third-order valence-corrected chi connectivity index (χ3v) is 3.22. The molecule has 0 fully saturated rings. The Balaban J connectivity index is 2.21. The van der Waals surface area contributed by atoms with Crippen LogP contribution >= 0.6 is 11.8 Å². The van der Waals surface area contributed by atoms with E-state index in [4.69, 9.17) is 0 Å². The molecule has 1 aromatic rings. The topological polar surface area (TPSA) is 24.9 Å². The van der Waals surface area contributed by atoms with Crippen molar-refractivity contribution in [2.45, 2.75) is 38.6 Å². The predicted octanol–water partition coefficient (Wildman–Crippen LogP) is 3.18. The number of hydrogen-bond acceptors (Lipinski definition) is 3. The maximum atomic E-state index is 4.50. The number of aryl methyl sites for hydroxylation is 2. The molecule has 2 nitrogen and oxygen atoms in total. The summed E-state index contributed by atoms with van der Waals surface area (Å²) in [6, 6.07) is 4.27. The molecule has 0 atom stereocenters. The van der Waals surface area contributed by atoms with E-state index in [9.17, 15) is 0 Å². The third kappa shape index (κ3) is 5.52. The molecule has 0 spiro atoms. The molecular formula is C13H22N2S. The summed E-state index contributed by atoms with van der Waals surface area (Å²) in [5.74, 6) is 1.10. The van der Waals surface area contributed by atoms with Crippen molar-refractivity contribution in [2.75, 3.05) is 18.8 Å². The molecule has 0 saturated heterocycles. The molecule has 0 aromatic carbocycles. The maximum absolute atomic E-state index is 4.50. The van der Waals surface area contributed by atoms with Gasteiger partial charge in [-0.1, -0.05) is 13.3 Å². The molecule has 0 aliphatic rings. The van der Waals surface area contributed by atoms with Crippen molar-refractivity contribution in [3.05, 3.63) is 23.4 Å². The first-order chi connectivity index (χ1) is 7.72. The highest BCUT2D eigenvalue weighted by Gasteiger charge is 1.98. The molecule has 0 amide bonds. The lowest BCUT2D eigenvalue weighted by atomic mass is 10.3. The van der Waals surface area contributed by atoms with E-state index in [1.807, 2.05) is 11.8 Å². The van der Waals surface area contributed by atoms with E-state index in [1.165, 1.54) is 18.4 Å². The monoisotopic (exact) mass is 238 g/mol. The standard InChI is InChI=1S/C13H22N2S/c1-4-5-6-14-7-8-16-13-10-11(2)9-12(3)15-13/h9-10,14H,4-8H2,1-3H3. The van der Waals surface area contributed by atoms with Crippen molar-refractivity contribution in [3.8, 4) is 0 Å². The molecule has 0 aliphatic carbocycles. The van der Waals surface area contributed by atoms with Crippen LogP contribution in [0.2, 0.25) is 0 Å². The molecule has 0 saturated carbocycles. The zero-order chi connectivity index (χ0) is 11.8. The number of hydrogen-bond donors (Lipinski definition) is 1. The highest BCUT2D eigenvalue weighted by molar-refractivity contribution is 7.99. The number of nitrogens with one attached hydrogen (secondary N) is 1. The van der Waals surface area contributed by atoms with Gasteiger partial charge in [-0.3, -0.25) is 0 Å². The molecule has 0 radical (unpaired) electrons. The van der Waals surface area contributed by atoms with E-state index in [2.05, 4.69) is 43.2 Å². The molecule has 1 rings (SSSR count). The van der Waals surface area contributed by atoms with Gasteiger partial charge >= 0.3 is 0 Å². The summed E-state index contributed by atoms with van der Waals surface area (Å²) in [6.45, 7) is 8.60. The molecule has 90 valence electrons. The Hall–Kier alpha value is -0.540. The van der Waals surface area contributed by atoms with Gasteiger partial charge < -0.3 is 5.32 Å². The van der Waals surface area contributed by atoms with Crippen LogP contribution in [-0.2, 0) is 0 Å². The van der Waals surface area contributed by atoms with Crippen LogP contribution in [-0.4, -0.2) is 23.8 Å². The summed E-state index contributed by atoms with van der Waals surface area (Å²) in [7, 11) is 0. The van der Waals surface area contributed by atoms with E-state index in [-0.39, 0.29) is 0 Å². The van der Waals surface area contributed by atoms with Crippen molar-refractivity contribution in [3.63, 3.8) is 0 Å². The van der Waals surface area contributed by atoms with Crippen molar-refractivity contribution in [1.82, 2.24) is 10.3 Å². The van der Waals surface area contributed by atoms with E-state index >= 15 is 0 Å². The smallest absolute Gasteiger partial charge is 0.0966 e. The van der Waals surface area contributed by atoms with E-state index < -0.39 is 0 Å². The van der Waals surface area contributed by atoms with Gasteiger partial charge in [0.15, 0.2) is 0 Å². The zero-order valence-corrected chi connectivity index (χ0v) is 11.4. The third-order valence-electron chi connectivity index (χ3n) is 2.31. The van der Waals surface area contributed by atoms with Gasteiger partial charge in [-0.05, 0) is 44.5 Å². The summed E-state index contributed by atoms with van der Waals surface area (Å²) < 4.78 is 0. The maximum Gasteiger partial charge on any atom is 0.0966 e. The second-order valence-electron chi connectivity index (χ2n) is 4.08. The molecule has 1 aromatic heterocycles. The number of thioether (sulfide) groups is 1. The first-order valence-corrected chi connectivity index (χ1v) is 6.99. The molecule has 1 heterocycles. The lowest BCUT2D eigenvalue weighted by Gasteiger charge is -2.05. The normalized spacial score (nSPS) is 10.7. The number of rotatable bonds is 7. The van der Waals surface area contributed by atoms with Gasteiger partial charge in [0, 0.05) is 18.0 Å². The Kier molecular flexibility index (Phi) is 6.50. The van der Waals surface area contributed by atoms with Gasteiger partial charge in [-0.2, -0.15) is 0 Å². The lowest BCUT2D eigenvalue weighted by Crippen LogP contribution is -2.18. The highest BCUT2D eigenvalue weighted by atomic mass is 32.2. The Morgan fingerprint density at radius 2 is 2.06 bits per heavy atom. The fraction of sp³-hybridized carbons (Fsp3) is 0.615. The van der Waals surface area contributed by atoms with Crippen LogP contribution in [0.5, 0.6) is 0 Å². The average Bonchev–Trinajstić information content (AvgIpc) is 2.22. The van der Waals surface area contributed by atoms with E-state index in [1.54, 1.807) is 0 Å². The number of aromatic nitrogens is 1. The van der Waals surface area contributed by atoms with Gasteiger partial charge in [0.1, 0.15) is 0 Å². The van der Waals surface area contributed by atoms with Gasteiger partial charge in [0.25, 0.3) is 0 Å². The van der Waals surface area contributed by atoms with Gasteiger partial charge in [-0.25, -0.2) is 4.98 Å². The van der Waals surface area contributed by atoms with Crippen LogP contribution in [0.25, 0.3) is 0 Å². The van der Waals surface area contributed by atoms with Crippen LogP contribution in [0.15, 0.2) is 17.2 Å². The van der Waals surface area contributed by atoms with Crippen LogP contribution in [0, 0.1) is 13.8 Å². The molecule has 0 aliphatic heterocycles. The fourth-order valence-electron chi connectivity index (χ4n) is 1.53. The highest BCUT2D eigenvalue weighted by Crippen LogP contribution is 2.16. The lowest BCUT2D eigenvalue weighted by molar-refractivity contribution is 0.666. The number of unbranched alkanes of at least 4 members (excludes halogenated alkanes) is 1. The Morgan fingerprint density at radius 1 is 1.25 bits per heavy atom. The van der Waals surface area contributed by atoms with Crippen LogP contribution in [0.4, 0.5) is 0 Å². The Morgan fingerprint density at radius 3 is 2.75 bits per heavy atom. The number of pyridine rings is 1. The van der Waals surface area contributed by atoms with E-state index in [0.717, 1.165) is 29.6 Å². The van der Waals surface area contributed by atoms with Crippen molar-refractivity contribution in [1.29, 1.82) is 0 Å². The first kappa shape index (κ1) is 13.5.